The molecule has 0 saturated heterocycles. The van der Waals surface area contributed by atoms with Crippen molar-refractivity contribution in [1.82, 2.24) is 10.2 Å². The molecule has 0 aliphatic carbocycles. The van der Waals surface area contributed by atoms with E-state index in [2.05, 4.69) is 51.8 Å². The summed E-state index contributed by atoms with van der Waals surface area (Å²) in [5, 5.41) is 11.6. The summed E-state index contributed by atoms with van der Waals surface area (Å²) in [6.07, 6.45) is 1.68. The minimum Gasteiger partial charge on any atom is -0.347 e. The van der Waals surface area contributed by atoms with E-state index in [0.717, 1.165) is 34.9 Å². The lowest BCUT2D eigenvalue weighted by Crippen LogP contribution is -2.31. The van der Waals surface area contributed by atoms with E-state index in [1.54, 1.807) is 23.2 Å². The van der Waals surface area contributed by atoms with Crippen molar-refractivity contribution in [2.75, 3.05) is 30.8 Å². The number of hydrogen-bond donors (Lipinski definition) is 4. The van der Waals surface area contributed by atoms with Crippen molar-refractivity contribution in [3.63, 3.8) is 0 Å². The summed E-state index contributed by atoms with van der Waals surface area (Å²) >= 11 is 6.19. The van der Waals surface area contributed by atoms with Gasteiger partial charge in [0.1, 0.15) is 0 Å². The zero-order valence-electron chi connectivity index (χ0n) is 17.0. The second-order valence-electron chi connectivity index (χ2n) is 7.29. The monoisotopic (exact) mass is 439 g/mol. The van der Waals surface area contributed by atoms with Crippen LogP contribution in [0, 0.1) is 0 Å². The second kappa shape index (κ2) is 9.07. The maximum atomic E-state index is 11.3. The van der Waals surface area contributed by atoms with Crippen molar-refractivity contribution < 1.29 is 4.79 Å². The molecule has 3 aromatic rings. The number of carbonyl (C=O) groups is 1. The number of thiophene rings is 1. The third-order valence-corrected chi connectivity index (χ3v) is 6.42. The molecule has 4 rings (SSSR count). The number of nitrogens with zero attached hydrogens (tertiary/aromatic N) is 2. The number of carbonyl (C=O) groups excluding carboxylic acids is 1. The molecule has 6 nitrogen and oxygen atoms in total. The fourth-order valence-corrected chi connectivity index (χ4v) is 4.57. The van der Waals surface area contributed by atoms with Gasteiger partial charge < -0.3 is 20.9 Å². The highest BCUT2D eigenvalue weighted by atomic mass is 32.1. The standard InChI is InChI=1S/C22H25N5OS2/c1-14(28)27(2)9-8-23-13-18-11-19-20(30-18)7-6-15-12-24-22(26-21(15)19)25-16-4-3-5-17(29)10-16/h3-7,10-12,22-23,25-26,29H,8-9,13H2,1-2H3. The Labute approximate surface area is 185 Å². The van der Waals surface area contributed by atoms with Gasteiger partial charge in [0.15, 0.2) is 6.29 Å². The first-order valence-corrected chi connectivity index (χ1v) is 11.1. The van der Waals surface area contributed by atoms with Crippen LogP contribution in [0.15, 0.2) is 52.4 Å². The van der Waals surface area contributed by atoms with E-state index < -0.39 is 0 Å². The number of hydrogen-bond acceptors (Lipinski definition) is 7. The first-order valence-electron chi connectivity index (χ1n) is 9.83. The number of benzene rings is 2. The average molecular weight is 440 g/mol. The molecule has 1 unspecified atom stereocenters. The third kappa shape index (κ3) is 4.77. The third-order valence-electron chi connectivity index (χ3n) is 5.04. The highest BCUT2D eigenvalue weighted by molar-refractivity contribution is 7.80. The minimum absolute atomic E-state index is 0.0855. The van der Waals surface area contributed by atoms with Crippen LogP contribution < -0.4 is 16.0 Å². The van der Waals surface area contributed by atoms with Gasteiger partial charge in [-0.2, -0.15) is 0 Å². The van der Waals surface area contributed by atoms with Gasteiger partial charge in [-0.05, 0) is 36.4 Å². The van der Waals surface area contributed by atoms with E-state index in [-0.39, 0.29) is 12.2 Å². The van der Waals surface area contributed by atoms with Crippen LogP contribution in [-0.4, -0.2) is 43.4 Å². The van der Waals surface area contributed by atoms with Crippen molar-refractivity contribution >= 4 is 57.5 Å². The highest BCUT2D eigenvalue weighted by Gasteiger charge is 2.17. The molecule has 1 amide bonds. The van der Waals surface area contributed by atoms with Crippen LogP contribution in [0.3, 0.4) is 0 Å². The molecule has 1 aliphatic heterocycles. The number of thiol groups is 1. The molecule has 1 atom stereocenters. The lowest BCUT2D eigenvalue weighted by Gasteiger charge is -2.24. The average Bonchev–Trinajstić information content (AvgIpc) is 3.14. The number of aliphatic imine (C=N–C) groups is 1. The number of likely N-dealkylation sites (N-methyl/N-ethyl adjacent to an activating group) is 1. The number of amides is 1. The summed E-state index contributed by atoms with van der Waals surface area (Å²) in [5.41, 5.74) is 3.16. The zero-order chi connectivity index (χ0) is 21.1. The van der Waals surface area contributed by atoms with Gasteiger partial charge >= 0.3 is 0 Å². The highest BCUT2D eigenvalue weighted by Crippen LogP contribution is 2.35. The van der Waals surface area contributed by atoms with Gasteiger partial charge in [0, 0.05) is 70.9 Å². The number of nitrogens with one attached hydrogen (secondary N) is 3. The van der Waals surface area contributed by atoms with Crippen molar-refractivity contribution in [1.29, 1.82) is 0 Å². The fourth-order valence-electron chi connectivity index (χ4n) is 3.31. The molecule has 0 radical (unpaired) electrons. The minimum atomic E-state index is -0.234. The Morgan fingerprint density at radius 1 is 1.30 bits per heavy atom. The molecule has 3 N–H and O–H groups in total. The molecule has 0 fully saturated rings. The van der Waals surface area contributed by atoms with Gasteiger partial charge in [0.25, 0.3) is 0 Å². The predicted molar refractivity (Wildman–Crippen MR) is 129 cm³/mol. The van der Waals surface area contributed by atoms with Gasteiger partial charge in [0.2, 0.25) is 5.91 Å². The van der Waals surface area contributed by atoms with Crippen LogP contribution in [0.1, 0.15) is 17.4 Å². The van der Waals surface area contributed by atoms with E-state index in [0.29, 0.717) is 6.54 Å². The first kappa shape index (κ1) is 20.7. The van der Waals surface area contributed by atoms with Crippen LogP contribution in [0.25, 0.3) is 10.1 Å². The molecule has 2 aromatic carbocycles. The summed E-state index contributed by atoms with van der Waals surface area (Å²) < 4.78 is 1.24. The first-order chi connectivity index (χ1) is 14.5. The summed E-state index contributed by atoms with van der Waals surface area (Å²) in [4.78, 5) is 19.8. The van der Waals surface area contributed by atoms with Crippen LogP contribution in [0.4, 0.5) is 11.4 Å². The maximum Gasteiger partial charge on any atom is 0.219 e. The van der Waals surface area contributed by atoms with Gasteiger partial charge in [-0.1, -0.05) is 6.07 Å². The Kier molecular flexibility index (Phi) is 6.26. The molecule has 1 aliphatic rings. The van der Waals surface area contributed by atoms with E-state index in [1.165, 1.54) is 15.0 Å². The van der Waals surface area contributed by atoms with E-state index in [4.69, 9.17) is 0 Å². The van der Waals surface area contributed by atoms with Gasteiger partial charge in [-0.15, -0.1) is 24.0 Å². The normalized spacial score (nSPS) is 15.0. The molecule has 0 spiro atoms. The zero-order valence-corrected chi connectivity index (χ0v) is 18.7. The quantitative estimate of drug-likeness (QED) is 0.332. The second-order valence-corrected chi connectivity index (χ2v) is 8.98. The smallest absolute Gasteiger partial charge is 0.219 e. The summed E-state index contributed by atoms with van der Waals surface area (Å²) in [6, 6.07) is 14.4. The Morgan fingerprint density at radius 3 is 2.97 bits per heavy atom. The molecule has 1 aromatic heterocycles. The summed E-state index contributed by atoms with van der Waals surface area (Å²) in [6.45, 7) is 3.84. The van der Waals surface area contributed by atoms with E-state index in [1.807, 2.05) is 37.5 Å². The van der Waals surface area contributed by atoms with E-state index in [9.17, 15) is 4.79 Å². The Hall–Kier alpha value is -2.55. The topological polar surface area (TPSA) is 68.8 Å². The van der Waals surface area contributed by atoms with Gasteiger partial charge in [0.05, 0.1) is 5.69 Å². The number of rotatable bonds is 7. The Bertz CT molecular complexity index is 1090. The van der Waals surface area contributed by atoms with Crippen molar-refractivity contribution in [2.45, 2.75) is 24.7 Å². The van der Waals surface area contributed by atoms with Gasteiger partial charge in [-0.25, -0.2) is 4.99 Å². The fraction of sp³-hybridized carbons (Fsp3) is 0.273. The lowest BCUT2D eigenvalue weighted by molar-refractivity contribution is -0.127. The summed E-state index contributed by atoms with van der Waals surface area (Å²) in [7, 11) is 1.82. The van der Waals surface area contributed by atoms with Gasteiger partial charge in [-0.3, -0.25) is 4.79 Å². The van der Waals surface area contributed by atoms with Crippen LogP contribution in [-0.2, 0) is 11.3 Å². The molecule has 2 heterocycles. The lowest BCUT2D eigenvalue weighted by atomic mass is 10.1. The molecule has 0 bridgehead atoms. The molecular weight excluding hydrogens is 414 g/mol. The number of anilines is 2. The van der Waals surface area contributed by atoms with Crippen molar-refractivity contribution in [3.05, 3.63) is 52.9 Å². The Morgan fingerprint density at radius 2 is 2.17 bits per heavy atom. The van der Waals surface area contributed by atoms with E-state index >= 15 is 0 Å². The molecule has 156 valence electrons. The summed E-state index contributed by atoms with van der Waals surface area (Å²) in [5.74, 6) is 0.0855. The number of fused-ring (bicyclic) bond motifs is 3. The van der Waals surface area contributed by atoms with Crippen molar-refractivity contribution in [2.24, 2.45) is 4.99 Å². The molecular formula is C22H25N5OS2. The van der Waals surface area contributed by atoms with Crippen LogP contribution in [0.5, 0.6) is 0 Å². The Balaban J connectivity index is 1.45. The van der Waals surface area contributed by atoms with Crippen molar-refractivity contribution in [3.8, 4) is 0 Å². The predicted octanol–water partition coefficient (Wildman–Crippen LogP) is 4.00. The van der Waals surface area contributed by atoms with Crippen LogP contribution in [0.2, 0.25) is 0 Å². The van der Waals surface area contributed by atoms with Crippen LogP contribution >= 0.6 is 24.0 Å². The molecule has 30 heavy (non-hydrogen) atoms. The molecule has 0 saturated carbocycles. The SMILES string of the molecule is CC(=O)N(C)CCNCc1cc2c3c(ccc2s1)C=NC(Nc1cccc(S)c1)N3. The molecule has 8 heteroatoms. The maximum absolute atomic E-state index is 11.3. The largest absolute Gasteiger partial charge is 0.347 e.